The number of nitrogens with one attached hydrogen (secondary N) is 1. The van der Waals surface area contributed by atoms with Crippen LogP contribution in [-0.4, -0.2) is 47.8 Å². The van der Waals surface area contributed by atoms with Crippen molar-refractivity contribution in [1.82, 2.24) is 9.97 Å². The summed E-state index contributed by atoms with van der Waals surface area (Å²) in [7, 11) is 0. The molecule has 9 nitrogen and oxygen atoms in total. The Hall–Kier alpha value is -3.08. The molecule has 0 aliphatic carbocycles. The number of benzene rings is 1. The third-order valence-corrected chi connectivity index (χ3v) is 3.93. The first-order chi connectivity index (χ1) is 13.1. The molecule has 2 heterocycles. The third-order valence-electron chi connectivity index (χ3n) is 3.93. The molecule has 11 heteroatoms. The van der Waals surface area contributed by atoms with Gasteiger partial charge in [-0.2, -0.15) is 8.78 Å². The van der Waals surface area contributed by atoms with Gasteiger partial charge in [0.05, 0.1) is 18.1 Å². The number of nitro groups is 1. The van der Waals surface area contributed by atoms with Gasteiger partial charge in [-0.1, -0.05) is 18.2 Å². The molecule has 27 heavy (non-hydrogen) atoms. The molecule has 1 fully saturated rings. The van der Waals surface area contributed by atoms with Gasteiger partial charge in [0.2, 0.25) is 11.6 Å². The fourth-order valence-electron chi connectivity index (χ4n) is 2.71. The zero-order chi connectivity index (χ0) is 19.2. The predicted octanol–water partition coefficient (Wildman–Crippen LogP) is 2.43. The minimum absolute atomic E-state index is 0.00309. The molecule has 0 unspecified atom stereocenters. The highest BCUT2D eigenvalue weighted by Crippen LogP contribution is 2.33. The maximum Gasteiger partial charge on any atom is 0.387 e. The average Bonchev–Trinajstić information content (AvgIpc) is 2.67. The molecule has 1 aliphatic rings. The summed E-state index contributed by atoms with van der Waals surface area (Å²) in [5.41, 5.74) is 0.144. The summed E-state index contributed by atoms with van der Waals surface area (Å²) in [6, 6.07) is 6.20. The van der Waals surface area contributed by atoms with Crippen LogP contribution in [0.25, 0.3) is 0 Å². The molecule has 0 spiro atoms. The zero-order valence-corrected chi connectivity index (χ0v) is 14.2. The van der Waals surface area contributed by atoms with E-state index in [1.54, 1.807) is 23.1 Å². The summed E-state index contributed by atoms with van der Waals surface area (Å²) < 4.78 is 34.8. The van der Waals surface area contributed by atoms with Gasteiger partial charge in [-0.3, -0.25) is 10.1 Å². The maximum atomic E-state index is 12.5. The molecule has 1 aromatic carbocycles. The molecule has 0 radical (unpaired) electrons. The van der Waals surface area contributed by atoms with Crippen molar-refractivity contribution in [2.24, 2.45) is 0 Å². The molecular weight excluding hydrogens is 364 g/mol. The van der Waals surface area contributed by atoms with Gasteiger partial charge in [0.25, 0.3) is 0 Å². The van der Waals surface area contributed by atoms with E-state index in [-0.39, 0.29) is 29.6 Å². The van der Waals surface area contributed by atoms with Gasteiger partial charge in [0.1, 0.15) is 12.1 Å². The minimum Gasteiger partial charge on any atom is -0.434 e. The monoisotopic (exact) mass is 381 g/mol. The number of para-hydroxylation sites is 1. The molecule has 2 aromatic rings. The largest absolute Gasteiger partial charge is 0.434 e. The maximum absolute atomic E-state index is 12.5. The Morgan fingerprint density at radius 3 is 2.74 bits per heavy atom. The molecule has 0 atom stereocenters. The lowest BCUT2D eigenvalue weighted by Crippen LogP contribution is -2.37. The lowest BCUT2D eigenvalue weighted by Gasteiger charge is -2.27. The van der Waals surface area contributed by atoms with Gasteiger partial charge < -0.3 is 19.7 Å². The molecule has 144 valence electrons. The number of ether oxygens (including phenoxy) is 2. The van der Waals surface area contributed by atoms with Gasteiger partial charge in [-0.05, 0) is 6.07 Å². The van der Waals surface area contributed by atoms with Gasteiger partial charge >= 0.3 is 12.3 Å². The number of nitrogens with zero attached hydrogens (tertiary/aromatic N) is 4. The third kappa shape index (κ3) is 4.56. The quantitative estimate of drug-likeness (QED) is 0.576. The Labute approximate surface area is 153 Å². The van der Waals surface area contributed by atoms with E-state index in [0.29, 0.717) is 31.9 Å². The summed E-state index contributed by atoms with van der Waals surface area (Å²) in [6.45, 7) is -1.11. The van der Waals surface area contributed by atoms with Crippen molar-refractivity contribution in [2.45, 2.75) is 13.2 Å². The highest BCUT2D eigenvalue weighted by Gasteiger charge is 2.28. The van der Waals surface area contributed by atoms with E-state index in [1.807, 2.05) is 0 Å². The first kappa shape index (κ1) is 18.7. The predicted molar refractivity (Wildman–Crippen MR) is 92.1 cm³/mol. The average molecular weight is 381 g/mol. The van der Waals surface area contributed by atoms with E-state index < -0.39 is 11.5 Å². The second-order valence-electron chi connectivity index (χ2n) is 5.59. The number of alkyl halides is 2. The van der Waals surface area contributed by atoms with E-state index in [0.717, 1.165) is 0 Å². The number of hydrogen-bond donors (Lipinski definition) is 1. The minimum atomic E-state index is -2.97. The van der Waals surface area contributed by atoms with Crippen molar-refractivity contribution in [1.29, 1.82) is 0 Å². The van der Waals surface area contributed by atoms with Crippen LogP contribution in [0.15, 0.2) is 30.6 Å². The SMILES string of the molecule is O=[N+]([O-])c1c(NCc2ccccc2OC(F)F)ncnc1N1CCOCC1. The number of rotatable bonds is 7. The fraction of sp³-hybridized carbons (Fsp3) is 0.375. The standard InChI is InChI=1S/C16H17F2N5O4/c17-16(18)27-12-4-2-1-3-11(12)9-19-14-13(23(24)25)15(21-10-20-14)22-5-7-26-8-6-22/h1-4,10,16H,5-9H2,(H,19,20,21). The highest BCUT2D eigenvalue weighted by molar-refractivity contribution is 5.70. The van der Waals surface area contributed by atoms with E-state index in [4.69, 9.17) is 4.74 Å². The summed E-state index contributed by atoms with van der Waals surface area (Å²) in [6.07, 6.45) is 1.22. The van der Waals surface area contributed by atoms with Crippen molar-refractivity contribution >= 4 is 17.3 Å². The Bertz CT molecular complexity index is 802. The van der Waals surface area contributed by atoms with E-state index in [2.05, 4.69) is 20.0 Å². The van der Waals surface area contributed by atoms with E-state index in [9.17, 15) is 18.9 Å². The van der Waals surface area contributed by atoms with Crippen LogP contribution in [0.1, 0.15) is 5.56 Å². The Kier molecular flexibility index (Phi) is 5.91. The van der Waals surface area contributed by atoms with Crippen LogP contribution in [0.5, 0.6) is 5.75 Å². The van der Waals surface area contributed by atoms with Gasteiger partial charge in [-0.15, -0.1) is 0 Å². The van der Waals surface area contributed by atoms with Crippen LogP contribution in [0.4, 0.5) is 26.1 Å². The number of hydrogen-bond acceptors (Lipinski definition) is 8. The van der Waals surface area contributed by atoms with Crippen LogP contribution in [-0.2, 0) is 11.3 Å². The molecule has 0 amide bonds. The summed E-state index contributed by atoms with van der Waals surface area (Å²) in [4.78, 5) is 20.8. The summed E-state index contributed by atoms with van der Waals surface area (Å²) >= 11 is 0. The van der Waals surface area contributed by atoms with Crippen molar-refractivity contribution in [2.75, 3.05) is 36.5 Å². The van der Waals surface area contributed by atoms with E-state index in [1.165, 1.54) is 12.4 Å². The van der Waals surface area contributed by atoms with Gasteiger partial charge in [-0.25, -0.2) is 9.97 Å². The van der Waals surface area contributed by atoms with Crippen LogP contribution in [0.3, 0.4) is 0 Å². The van der Waals surface area contributed by atoms with Gasteiger partial charge in [0, 0.05) is 25.2 Å². The zero-order valence-electron chi connectivity index (χ0n) is 14.2. The smallest absolute Gasteiger partial charge is 0.387 e. The number of morpholine rings is 1. The molecule has 1 aromatic heterocycles. The van der Waals surface area contributed by atoms with Crippen LogP contribution >= 0.6 is 0 Å². The van der Waals surface area contributed by atoms with Crippen LogP contribution < -0.4 is 15.0 Å². The molecule has 0 bridgehead atoms. The lowest BCUT2D eigenvalue weighted by atomic mass is 10.2. The fourth-order valence-corrected chi connectivity index (χ4v) is 2.71. The normalized spacial score (nSPS) is 14.3. The number of anilines is 2. The molecule has 1 saturated heterocycles. The Morgan fingerprint density at radius 1 is 1.30 bits per heavy atom. The summed E-state index contributed by atoms with van der Waals surface area (Å²) in [5.74, 6) is 0.186. The van der Waals surface area contributed by atoms with Crippen molar-refractivity contribution < 1.29 is 23.2 Å². The van der Waals surface area contributed by atoms with Crippen LogP contribution in [0.2, 0.25) is 0 Å². The first-order valence-electron chi connectivity index (χ1n) is 8.15. The van der Waals surface area contributed by atoms with Crippen molar-refractivity contribution in [3.63, 3.8) is 0 Å². The molecule has 1 N–H and O–H groups in total. The Balaban J connectivity index is 1.84. The topological polar surface area (TPSA) is 103 Å². The second kappa shape index (κ2) is 8.54. The highest BCUT2D eigenvalue weighted by atomic mass is 19.3. The lowest BCUT2D eigenvalue weighted by molar-refractivity contribution is -0.383. The summed E-state index contributed by atoms with van der Waals surface area (Å²) in [5, 5.41) is 14.4. The first-order valence-corrected chi connectivity index (χ1v) is 8.15. The molecular formula is C16H17F2N5O4. The molecule has 3 rings (SSSR count). The van der Waals surface area contributed by atoms with E-state index >= 15 is 0 Å². The van der Waals surface area contributed by atoms with Crippen molar-refractivity contribution in [3.05, 3.63) is 46.3 Å². The van der Waals surface area contributed by atoms with Gasteiger partial charge in [0.15, 0.2) is 0 Å². The van der Waals surface area contributed by atoms with Crippen molar-refractivity contribution in [3.8, 4) is 5.75 Å². The second-order valence-corrected chi connectivity index (χ2v) is 5.59. The number of aromatic nitrogens is 2. The molecule has 1 aliphatic heterocycles. The Morgan fingerprint density at radius 2 is 2.04 bits per heavy atom. The molecule has 0 saturated carbocycles. The number of halogens is 2. The van der Waals surface area contributed by atoms with Crippen LogP contribution in [0, 0.1) is 10.1 Å².